The fourth-order valence-corrected chi connectivity index (χ4v) is 4.30. The zero-order valence-corrected chi connectivity index (χ0v) is 12.6. The van der Waals surface area contributed by atoms with Crippen molar-refractivity contribution in [2.75, 3.05) is 32.8 Å². The SMILES string of the molecule is CCC1C2CNCC2CN1CC1COc2ccccc2O1. The van der Waals surface area contributed by atoms with Crippen LogP contribution in [0.15, 0.2) is 24.3 Å². The van der Waals surface area contributed by atoms with Crippen LogP contribution in [0.25, 0.3) is 0 Å². The van der Waals surface area contributed by atoms with Crippen molar-refractivity contribution < 1.29 is 9.47 Å². The Morgan fingerprint density at radius 1 is 1.24 bits per heavy atom. The molecule has 4 unspecified atom stereocenters. The van der Waals surface area contributed by atoms with Crippen LogP contribution in [-0.4, -0.2) is 49.8 Å². The summed E-state index contributed by atoms with van der Waals surface area (Å²) in [4.78, 5) is 2.64. The average Bonchev–Trinajstić information content (AvgIpc) is 3.07. The number of hydrogen-bond donors (Lipinski definition) is 1. The van der Waals surface area contributed by atoms with Crippen LogP contribution < -0.4 is 14.8 Å². The predicted molar refractivity (Wildman–Crippen MR) is 81.9 cm³/mol. The molecule has 0 bridgehead atoms. The van der Waals surface area contributed by atoms with Crippen LogP contribution in [0.2, 0.25) is 0 Å². The average molecular weight is 288 g/mol. The maximum absolute atomic E-state index is 6.13. The number of nitrogens with zero attached hydrogens (tertiary/aromatic N) is 1. The van der Waals surface area contributed by atoms with E-state index in [4.69, 9.17) is 9.47 Å². The molecular formula is C17H24N2O2. The lowest BCUT2D eigenvalue weighted by Gasteiger charge is -2.33. The summed E-state index contributed by atoms with van der Waals surface area (Å²) in [6, 6.07) is 8.68. The summed E-state index contributed by atoms with van der Waals surface area (Å²) in [5.41, 5.74) is 0. The fraction of sp³-hybridized carbons (Fsp3) is 0.647. The van der Waals surface area contributed by atoms with E-state index in [2.05, 4.69) is 17.1 Å². The molecule has 0 aliphatic carbocycles. The van der Waals surface area contributed by atoms with Crippen molar-refractivity contribution >= 4 is 0 Å². The topological polar surface area (TPSA) is 33.7 Å². The maximum Gasteiger partial charge on any atom is 0.161 e. The first kappa shape index (κ1) is 13.4. The minimum absolute atomic E-state index is 0.153. The zero-order valence-electron chi connectivity index (χ0n) is 12.6. The molecule has 0 aromatic heterocycles. The van der Waals surface area contributed by atoms with Crippen LogP contribution in [0, 0.1) is 11.8 Å². The summed E-state index contributed by atoms with van der Waals surface area (Å²) < 4.78 is 12.0. The molecule has 4 rings (SSSR count). The largest absolute Gasteiger partial charge is 0.486 e. The molecular weight excluding hydrogens is 264 g/mol. The summed E-state index contributed by atoms with van der Waals surface area (Å²) in [6.07, 6.45) is 1.38. The number of para-hydroxylation sites is 2. The molecule has 0 saturated carbocycles. The maximum atomic E-state index is 6.13. The Balaban J connectivity index is 1.43. The Kier molecular flexibility index (Phi) is 3.51. The molecule has 2 saturated heterocycles. The van der Waals surface area contributed by atoms with Crippen molar-refractivity contribution in [3.8, 4) is 11.5 Å². The highest BCUT2D eigenvalue weighted by Crippen LogP contribution is 2.36. The Morgan fingerprint density at radius 2 is 2.10 bits per heavy atom. The Labute approximate surface area is 126 Å². The molecule has 4 nitrogen and oxygen atoms in total. The molecule has 2 fully saturated rings. The highest BCUT2D eigenvalue weighted by Gasteiger charge is 2.44. The van der Waals surface area contributed by atoms with E-state index in [-0.39, 0.29) is 6.10 Å². The van der Waals surface area contributed by atoms with Gasteiger partial charge in [-0.25, -0.2) is 0 Å². The molecule has 0 spiro atoms. The van der Waals surface area contributed by atoms with E-state index in [1.165, 1.54) is 26.1 Å². The van der Waals surface area contributed by atoms with E-state index in [9.17, 15) is 0 Å². The summed E-state index contributed by atoms with van der Waals surface area (Å²) >= 11 is 0. The van der Waals surface area contributed by atoms with Crippen LogP contribution in [0.1, 0.15) is 13.3 Å². The molecule has 1 aromatic carbocycles. The van der Waals surface area contributed by atoms with E-state index in [0.29, 0.717) is 12.6 Å². The molecule has 1 N–H and O–H groups in total. The van der Waals surface area contributed by atoms with Gasteiger partial charge in [0.15, 0.2) is 11.5 Å². The number of benzene rings is 1. The molecule has 3 heterocycles. The first-order chi connectivity index (χ1) is 10.3. The molecule has 3 aliphatic rings. The van der Waals surface area contributed by atoms with Crippen LogP contribution in [0.3, 0.4) is 0 Å². The zero-order chi connectivity index (χ0) is 14.2. The van der Waals surface area contributed by atoms with Gasteiger partial charge in [0.25, 0.3) is 0 Å². The summed E-state index contributed by atoms with van der Waals surface area (Å²) in [6.45, 7) is 7.54. The number of ether oxygens (including phenoxy) is 2. The van der Waals surface area contributed by atoms with Gasteiger partial charge in [0, 0.05) is 19.1 Å². The summed E-state index contributed by atoms with van der Waals surface area (Å²) in [5, 5.41) is 3.54. The molecule has 0 amide bonds. The lowest BCUT2D eigenvalue weighted by Crippen LogP contribution is -2.44. The highest BCUT2D eigenvalue weighted by molar-refractivity contribution is 5.40. The van der Waals surface area contributed by atoms with Gasteiger partial charge in [0.2, 0.25) is 0 Å². The van der Waals surface area contributed by atoms with Crippen LogP contribution >= 0.6 is 0 Å². The highest BCUT2D eigenvalue weighted by atomic mass is 16.6. The quantitative estimate of drug-likeness (QED) is 0.919. The fourth-order valence-electron chi connectivity index (χ4n) is 4.30. The molecule has 4 atom stereocenters. The second kappa shape index (κ2) is 5.50. The van der Waals surface area contributed by atoms with Crippen LogP contribution in [0.4, 0.5) is 0 Å². The van der Waals surface area contributed by atoms with Crippen molar-refractivity contribution in [1.82, 2.24) is 10.2 Å². The second-order valence-electron chi connectivity index (χ2n) is 6.51. The Morgan fingerprint density at radius 3 is 2.95 bits per heavy atom. The minimum Gasteiger partial charge on any atom is -0.486 e. The van der Waals surface area contributed by atoms with Crippen molar-refractivity contribution in [2.24, 2.45) is 11.8 Å². The predicted octanol–water partition coefficient (Wildman–Crippen LogP) is 1.76. The molecule has 1 aromatic rings. The molecule has 4 heteroatoms. The van der Waals surface area contributed by atoms with E-state index in [0.717, 1.165) is 29.9 Å². The van der Waals surface area contributed by atoms with Gasteiger partial charge in [-0.15, -0.1) is 0 Å². The first-order valence-electron chi connectivity index (χ1n) is 8.18. The summed E-state index contributed by atoms with van der Waals surface area (Å²) in [7, 11) is 0. The monoisotopic (exact) mass is 288 g/mol. The van der Waals surface area contributed by atoms with Gasteiger partial charge in [-0.05, 0) is 43.5 Å². The van der Waals surface area contributed by atoms with E-state index < -0.39 is 0 Å². The van der Waals surface area contributed by atoms with Crippen molar-refractivity contribution in [1.29, 1.82) is 0 Å². The molecule has 114 valence electrons. The number of rotatable bonds is 3. The lowest BCUT2D eigenvalue weighted by molar-refractivity contribution is 0.0510. The molecule has 21 heavy (non-hydrogen) atoms. The van der Waals surface area contributed by atoms with Gasteiger partial charge < -0.3 is 14.8 Å². The normalized spacial score (nSPS) is 34.9. The van der Waals surface area contributed by atoms with Crippen molar-refractivity contribution in [3.63, 3.8) is 0 Å². The van der Waals surface area contributed by atoms with Crippen molar-refractivity contribution in [2.45, 2.75) is 25.5 Å². The first-order valence-corrected chi connectivity index (χ1v) is 8.18. The molecule has 3 aliphatic heterocycles. The van der Waals surface area contributed by atoms with Gasteiger partial charge in [-0.3, -0.25) is 4.90 Å². The Bertz CT molecular complexity index is 507. The summed E-state index contributed by atoms with van der Waals surface area (Å²) in [5.74, 6) is 3.42. The van der Waals surface area contributed by atoms with Gasteiger partial charge in [0.05, 0.1) is 0 Å². The standard InChI is InChI=1S/C17H24N2O2/c1-2-15-14-8-18-7-12(14)9-19(15)10-13-11-20-16-5-3-4-6-17(16)21-13/h3-6,12-15,18H,2,7-11H2,1H3. The van der Waals surface area contributed by atoms with E-state index >= 15 is 0 Å². The smallest absolute Gasteiger partial charge is 0.161 e. The third kappa shape index (κ3) is 2.40. The minimum atomic E-state index is 0.153. The van der Waals surface area contributed by atoms with Gasteiger partial charge in [0.1, 0.15) is 12.7 Å². The Hall–Kier alpha value is -1.26. The number of hydrogen-bond acceptors (Lipinski definition) is 4. The second-order valence-corrected chi connectivity index (χ2v) is 6.51. The van der Waals surface area contributed by atoms with E-state index in [1.807, 2.05) is 24.3 Å². The van der Waals surface area contributed by atoms with Gasteiger partial charge >= 0.3 is 0 Å². The van der Waals surface area contributed by atoms with Gasteiger partial charge in [-0.1, -0.05) is 19.1 Å². The van der Waals surface area contributed by atoms with Crippen LogP contribution in [-0.2, 0) is 0 Å². The third-order valence-corrected chi connectivity index (χ3v) is 5.25. The number of fused-ring (bicyclic) bond motifs is 2. The number of likely N-dealkylation sites (tertiary alicyclic amines) is 1. The third-order valence-electron chi connectivity index (χ3n) is 5.25. The lowest BCUT2D eigenvalue weighted by atomic mass is 9.93. The van der Waals surface area contributed by atoms with Gasteiger partial charge in [-0.2, -0.15) is 0 Å². The van der Waals surface area contributed by atoms with Crippen LogP contribution in [0.5, 0.6) is 11.5 Å². The number of nitrogens with one attached hydrogen (secondary N) is 1. The van der Waals surface area contributed by atoms with E-state index in [1.54, 1.807) is 0 Å². The van der Waals surface area contributed by atoms with Crippen molar-refractivity contribution in [3.05, 3.63) is 24.3 Å². The molecule has 0 radical (unpaired) electrons.